The van der Waals surface area contributed by atoms with E-state index >= 15 is 0 Å². The van der Waals surface area contributed by atoms with Crippen molar-refractivity contribution in [1.29, 1.82) is 0 Å². The molecule has 0 aliphatic rings. The molecule has 0 rings (SSSR count). The Hall–Kier alpha value is -1.91. The van der Waals surface area contributed by atoms with Crippen LogP contribution in [0.3, 0.4) is 0 Å². The number of hydrogen-bond acceptors (Lipinski definition) is 3. The maximum Gasteiger partial charge on any atom is 0.220 e. The molecule has 2 atom stereocenters. The summed E-state index contributed by atoms with van der Waals surface area (Å²) in [6.45, 7) is 4.24. The molecule has 4 heteroatoms. The highest BCUT2D eigenvalue weighted by Crippen LogP contribution is 2.12. The number of aliphatic hydroxyl groups excluding tert-OH is 2. The van der Waals surface area contributed by atoms with Crippen molar-refractivity contribution in [3.05, 3.63) is 60.8 Å². The SMILES string of the molecule is CCCCCCCC/C=C\C/C=C\CCC(=O)NC(CO)C(O)/C=C/CC/C=C/CC/C=C/CCCCCCCCCCCCC. The van der Waals surface area contributed by atoms with Crippen LogP contribution in [0, 0.1) is 0 Å². The van der Waals surface area contributed by atoms with Gasteiger partial charge in [0.25, 0.3) is 0 Å². The van der Waals surface area contributed by atoms with Crippen LogP contribution in [-0.4, -0.2) is 34.9 Å². The van der Waals surface area contributed by atoms with Crippen LogP contribution in [0.15, 0.2) is 60.8 Å². The molecule has 0 saturated carbocycles. The topological polar surface area (TPSA) is 69.6 Å². The van der Waals surface area contributed by atoms with Gasteiger partial charge < -0.3 is 15.5 Å². The zero-order chi connectivity index (χ0) is 33.6. The minimum atomic E-state index is -0.893. The number of carbonyl (C=O) groups excluding carboxylic acids is 1. The van der Waals surface area contributed by atoms with Crippen LogP contribution in [0.2, 0.25) is 0 Å². The lowest BCUT2D eigenvalue weighted by Gasteiger charge is -2.19. The number of unbranched alkanes of at least 4 members (excludes halogenated alkanes) is 19. The molecule has 0 aromatic heterocycles. The number of amides is 1. The normalized spacial score (nSPS) is 13.7. The van der Waals surface area contributed by atoms with E-state index in [1.54, 1.807) is 6.08 Å². The zero-order valence-electron chi connectivity index (χ0n) is 30.3. The molecule has 0 aliphatic heterocycles. The van der Waals surface area contributed by atoms with Crippen molar-refractivity contribution in [2.75, 3.05) is 6.61 Å². The van der Waals surface area contributed by atoms with Crippen LogP contribution in [0.4, 0.5) is 0 Å². The summed E-state index contributed by atoms with van der Waals surface area (Å²) >= 11 is 0. The Morgan fingerprint density at radius 3 is 1.39 bits per heavy atom. The Kier molecular flexibility index (Phi) is 36.0. The monoisotopic (exact) mass is 642 g/mol. The van der Waals surface area contributed by atoms with E-state index < -0.39 is 12.1 Å². The van der Waals surface area contributed by atoms with E-state index in [4.69, 9.17) is 0 Å². The first-order valence-corrected chi connectivity index (χ1v) is 19.5. The number of hydrogen-bond donors (Lipinski definition) is 3. The van der Waals surface area contributed by atoms with Crippen LogP contribution in [0.1, 0.15) is 181 Å². The number of carbonyl (C=O) groups is 1. The highest BCUT2D eigenvalue weighted by atomic mass is 16.3. The van der Waals surface area contributed by atoms with E-state index in [0.29, 0.717) is 12.8 Å². The summed E-state index contributed by atoms with van der Waals surface area (Å²) in [4.78, 5) is 12.3. The first-order chi connectivity index (χ1) is 22.7. The highest BCUT2D eigenvalue weighted by molar-refractivity contribution is 5.76. The molecule has 0 aromatic rings. The number of rotatable bonds is 34. The third kappa shape index (κ3) is 33.5. The van der Waals surface area contributed by atoms with Crippen LogP contribution < -0.4 is 5.32 Å². The third-order valence-electron chi connectivity index (χ3n) is 8.46. The summed E-state index contributed by atoms with van der Waals surface area (Å²) in [7, 11) is 0. The molecule has 4 nitrogen and oxygen atoms in total. The van der Waals surface area contributed by atoms with Crippen molar-refractivity contribution in [3.8, 4) is 0 Å². The summed E-state index contributed by atoms with van der Waals surface area (Å²) in [5.41, 5.74) is 0. The third-order valence-corrected chi connectivity index (χ3v) is 8.46. The van der Waals surface area contributed by atoms with Gasteiger partial charge in [-0.1, -0.05) is 171 Å². The molecule has 0 radical (unpaired) electrons. The van der Waals surface area contributed by atoms with Crippen molar-refractivity contribution in [3.63, 3.8) is 0 Å². The first kappa shape index (κ1) is 44.1. The van der Waals surface area contributed by atoms with Crippen LogP contribution in [0.25, 0.3) is 0 Å². The lowest BCUT2D eigenvalue weighted by Crippen LogP contribution is -2.45. The van der Waals surface area contributed by atoms with E-state index in [9.17, 15) is 15.0 Å². The van der Waals surface area contributed by atoms with Crippen molar-refractivity contribution in [1.82, 2.24) is 5.32 Å². The first-order valence-electron chi connectivity index (χ1n) is 19.5. The largest absolute Gasteiger partial charge is 0.394 e. The Balaban J connectivity index is 3.76. The molecule has 0 heterocycles. The second-order valence-corrected chi connectivity index (χ2v) is 13.0. The van der Waals surface area contributed by atoms with Crippen LogP contribution in [-0.2, 0) is 4.79 Å². The fourth-order valence-corrected chi connectivity index (χ4v) is 5.43. The molecule has 0 fully saturated rings. The van der Waals surface area contributed by atoms with Gasteiger partial charge in [0.1, 0.15) is 0 Å². The standard InChI is InChI=1S/C42H75NO3/c1-3-5-7-9-11-13-15-17-18-19-20-21-22-23-24-26-27-29-31-33-35-37-41(45)40(39-44)43-42(46)38-36-34-32-30-28-25-16-14-12-10-8-6-4-2/h22-23,25,27-29,32,34-35,37,40-41,44-45H,3-21,24,26,30-31,33,36,38-39H2,1-2H3,(H,43,46)/b23-22+,28-25-,29-27+,34-32-,37-35+. The van der Waals surface area contributed by atoms with E-state index in [-0.39, 0.29) is 12.5 Å². The van der Waals surface area contributed by atoms with E-state index in [2.05, 4.69) is 61.7 Å². The average molecular weight is 642 g/mol. The van der Waals surface area contributed by atoms with Crippen molar-refractivity contribution in [2.45, 2.75) is 193 Å². The molecule has 0 spiro atoms. The predicted octanol–water partition coefficient (Wildman–Crippen LogP) is 11.8. The smallest absolute Gasteiger partial charge is 0.220 e. The van der Waals surface area contributed by atoms with Gasteiger partial charge in [-0.2, -0.15) is 0 Å². The Morgan fingerprint density at radius 1 is 0.522 bits per heavy atom. The van der Waals surface area contributed by atoms with Crippen LogP contribution >= 0.6 is 0 Å². The maximum atomic E-state index is 12.3. The highest BCUT2D eigenvalue weighted by Gasteiger charge is 2.17. The Bertz CT molecular complexity index is 782. The van der Waals surface area contributed by atoms with Gasteiger partial charge in [-0.15, -0.1) is 0 Å². The predicted molar refractivity (Wildman–Crippen MR) is 202 cm³/mol. The molecular formula is C42H75NO3. The van der Waals surface area contributed by atoms with Gasteiger partial charge in [-0.25, -0.2) is 0 Å². The lowest BCUT2D eigenvalue weighted by atomic mass is 10.1. The zero-order valence-corrected chi connectivity index (χ0v) is 30.3. The Labute approximate surface area is 286 Å². The minimum Gasteiger partial charge on any atom is -0.394 e. The fraction of sp³-hybridized carbons (Fsp3) is 0.738. The summed E-state index contributed by atoms with van der Waals surface area (Å²) in [6.07, 6.45) is 51.8. The number of allylic oxidation sites excluding steroid dienone is 9. The molecule has 0 saturated heterocycles. The average Bonchev–Trinajstić information content (AvgIpc) is 3.06. The lowest BCUT2D eigenvalue weighted by molar-refractivity contribution is -0.122. The van der Waals surface area contributed by atoms with Gasteiger partial charge in [0.15, 0.2) is 0 Å². The minimum absolute atomic E-state index is 0.148. The molecular weight excluding hydrogens is 566 g/mol. The van der Waals surface area contributed by atoms with Gasteiger partial charge in [0.2, 0.25) is 5.91 Å². The molecule has 0 aliphatic carbocycles. The number of nitrogens with one attached hydrogen (secondary N) is 1. The molecule has 0 bridgehead atoms. The summed E-state index contributed by atoms with van der Waals surface area (Å²) in [5.74, 6) is -0.148. The second kappa shape index (κ2) is 37.5. The van der Waals surface area contributed by atoms with Crippen LogP contribution in [0.5, 0.6) is 0 Å². The van der Waals surface area contributed by atoms with Crippen molar-refractivity contribution in [2.24, 2.45) is 0 Å². The fourth-order valence-electron chi connectivity index (χ4n) is 5.43. The Morgan fingerprint density at radius 2 is 0.913 bits per heavy atom. The van der Waals surface area contributed by atoms with E-state index in [1.165, 1.54) is 116 Å². The number of aliphatic hydroxyl groups is 2. The molecule has 1 amide bonds. The van der Waals surface area contributed by atoms with Gasteiger partial charge in [-0.05, 0) is 64.2 Å². The van der Waals surface area contributed by atoms with E-state index in [1.807, 2.05) is 12.2 Å². The van der Waals surface area contributed by atoms with Gasteiger partial charge >= 0.3 is 0 Å². The molecule has 46 heavy (non-hydrogen) atoms. The summed E-state index contributed by atoms with van der Waals surface area (Å²) in [6, 6.07) is -0.676. The quantitative estimate of drug-likeness (QED) is 0.0483. The van der Waals surface area contributed by atoms with E-state index in [0.717, 1.165) is 38.5 Å². The second-order valence-electron chi connectivity index (χ2n) is 13.0. The summed E-state index contributed by atoms with van der Waals surface area (Å²) in [5, 5.41) is 22.8. The van der Waals surface area contributed by atoms with Gasteiger partial charge in [0.05, 0.1) is 18.8 Å². The van der Waals surface area contributed by atoms with Gasteiger partial charge in [-0.3, -0.25) is 4.79 Å². The van der Waals surface area contributed by atoms with Crippen molar-refractivity contribution >= 4 is 5.91 Å². The van der Waals surface area contributed by atoms with Crippen molar-refractivity contribution < 1.29 is 15.0 Å². The molecule has 3 N–H and O–H groups in total. The summed E-state index contributed by atoms with van der Waals surface area (Å²) < 4.78 is 0. The molecule has 266 valence electrons. The molecule has 2 unspecified atom stereocenters. The van der Waals surface area contributed by atoms with Gasteiger partial charge in [0, 0.05) is 6.42 Å². The molecule has 0 aromatic carbocycles. The maximum absolute atomic E-state index is 12.3.